The molecule has 0 aliphatic carbocycles. The number of carbonyl (C=O) groups is 2. The summed E-state index contributed by atoms with van der Waals surface area (Å²) in [4.78, 5) is 30.5. The zero-order chi connectivity index (χ0) is 22.2. The van der Waals surface area contributed by atoms with Gasteiger partial charge in [0, 0.05) is 50.0 Å². The molecule has 0 aliphatic heterocycles. The number of nitrogens with one attached hydrogen (secondary N) is 3. The molecule has 0 atom stereocenters. The van der Waals surface area contributed by atoms with Gasteiger partial charge in [0.25, 0.3) is 0 Å². The van der Waals surface area contributed by atoms with Crippen molar-refractivity contribution < 1.29 is 14.3 Å². The minimum absolute atomic E-state index is 0.227. The Labute approximate surface area is 181 Å². The first-order chi connectivity index (χ1) is 15.0. The molecule has 3 N–H and O–H groups in total. The van der Waals surface area contributed by atoms with Crippen LogP contribution in [0, 0.1) is 0 Å². The number of urea groups is 1. The molecule has 2 aromatic heterocycles. The van der Waals surface area contributed by atoms with Crippen molar-refractivity contribution in [2.45, 2.75) is 13.8 Å². The lowest BCUT2D eigenvalue weighted by Gasteiger charge is -2.18. The van der Waals surface area contributed by atoms with Crippen LogP contribution in [0.2, 0.25) is 0 Å². The van der Waals surface area contributed by atoms with Crippen molar-refractivity contribution in [1.82, 2.24) is 25.1 Å². The van der Waals surface area contributed by atoms with Crippen LogP contribution in [0.25, 0.3) is 10.9 Å². The molecule has 0 spiro atoms. The maximum absolute atomic E-state index is 12.1. The Morgan fingerprint density at radius 1 is 1.10 bits per heavy atom. The van der Waals surface area contributed by atoms with E-state index in [1.807, 2.05) is 18.2 Å². The molecule has 0 fully saturated rings. The minimum Gasteiger partial charge on any atom is -0.457 e. The van der Waals surface area contributed by atoms with E-state index in [9.17, 15) is 9.59 Å². The zero-order valence-electron chi connectivity index (χ0n) is 18.0. The van der Waals surface area contributed by atoms with Crippen molar-refractivity contribution in [1.29, 1.82) is 0 Å². The standard InChI is InChI=1S/C22H28N6O3/c1-4-27(5-2)13-11-25-21(29)26-20-15-18(8-10-24-20)31-17-7-6-16-9-12-28(19(16)14-17)22(30)23-3/h6-10,12,14-15H,4-5,11,13H2,1-3H3,(H,23,30)(H2,24,25,26,29). The number of hydrogen-bond acceptors (Lipinski definition) is 5. The number of hydrogen-bond donors (Lipinski definition) is 3. The summed E-state index contributed by atoms with van der Waals surface area (Å²) in [7, 11) is 1.58. The summed E-state index contributed by atoms with van der Waals surface area (Å²) in [6.45, 7) is 7.41. The molecule has 0 saturated carbocycles. The molecular weight excluding hydrogens is 396 g/mol. The number of ether oxygens (including phenoxy) is 1. The Morgan fingerprint density at radius 2 is 1.87 bits per heavy atom. The number of anilines is 1. The summed E-state index contributed by atoms with van der Waals surface area (Å²) >= 11 is 0. The van der Waals surface area contributed by atoms with Gasteiger partial charge in [-0.2, -0.15) is 0 Å². The van der Waals surface area contributed by atoms with Gasteiger partial charge in [-0.1, -0.05) is 13.8 Å². The average molecular weight is 425 g/mol. The van der Waals surface area contributed by atoms with Gasteiger partial charge in [-0.15, -0.1) is 0 Å². The van der Waals surface area contributed by atoms with E-state index in [1.54, 1.807) is 37.6 Å². The lowest BCUT2D eigenvalue weighted by molar-refractivity contribution is 0.245. The highest BCUT2D eigenvalue weighted by atomic mass is 16.5. The van der Waals surface area contributed by atoms with E-state index in [1.165, 1.54) is 4.57 Å². The number of rotatable bonds is 8. The van der Waals surface area contributed by atoms with Gasteiger partial charge in [0.1, 0.15) is 17.3 Å². The zero-order valence-corrected chi connectivity index (χ0v) is 18.0. The van der Waals surface area contributed by atoms with Crippen molar-refractivity contribution in [3.05, 3.63) is 48.8 Å². The number of likely N-dealkylation sites (N-methyl/N-ethyl adjacent to an activating group) is 1. The molecule has 0 unspecified atom stereocenters. The molecule has 0 radical (unpaired) electrons. The summed E-state index contributed by atoms with van der Waals surface area (Å²) in [5.74, 6) is 1.47. The number of amides is 3. The first-order valence-corrected chi connectivity index (χ1v) is 10.3. The maximum Gasteiger partial charge on any atom is 0.325 e. The van der Waals surface area contributed by atoms with Crippen LogP contribution in [0.4, 0.5) is 15.4 Å². The first-order valence-electron chi connectivity index (χ1n) is 10.3. The molecule has 0 bridgehead atoms. The average Bonchev–Trinajstić information content (AvgIpc) is 3.20. The number of pyridine rings is 1. The quantitative estimate of drug-likeness (QED) is 0.514. The SMILES string of the molecule is CCN(CC)CCNC(=O)Nc1cc(Oc2ccc3ccn(C(=O)NC)c3c2)ccn1. The monoisotopic (exact) mass is 424 g/mol. The Balaban J connectivity index is 1.64. The molecule has 31 heavy (non-hydrogen) atoms. The predicted molar refractivity (Wildman–Crippen MR) is 121 cm³/mol. The summed E-state index contributed by atoms with van der Waals surface area (Å²) in [6.07, 6.45) is 3.27. The molecule has 0 aliphatic rings. The molecular formula is C22H28N6O3. The lowest BCUT2D eigenvalue weighted by Crippen LogP contribution is -2.37. The summed E-state index contributed by atoms with van der Waals surface area (Å²) < 4.78 is 7.44. The smallest absolute Gasteiger partial charge is 0.325 e. The molecule has 3 rings (SSSR count). The third-order valence-corrected chi connectivity index (χ3v) is 4.91. The van der Waals surface area contributed by atoms with Crippen molar-refractivity contribution >= 4 is 28.8 Å². The highest BCUT2D eigenvalue weighted by Gasteiger charge is 2.10. The number of carbonyl (C=O) groups excluding carboxylic acids is 2. The van der Waals surface area contributed by atoms with Gasteiger partial charge in [-0.25, -0.2) is 14.6 Å². The predicted octanol–water partition coefficient (Wildman–Crippen LogP) is 3.48. The maximum atomic E-state index is 12.1. The topological polar surface area (TPSA) is 101 Å². The lowest BCUT2D eigenvalue weighted by atomic mass is 10.2. The Morgan fingerprint density at radius 3 is 2.61 bits per heavy atom. The van der Waals surface area contributed by atoms with Crippen LogP contribution in [0.15, 0.2) is 48.8 Å². The van der Waals surface area contributed by atoms with Crippen LogP contribution in [0.1, 0.15) is 13.8 Å². The van der Waals surface area contributed by atoms with E-state index < -0.39 is 0 Å². The number of benzene rings is 1. The first kappa shape index (κ1) is 22.1. The van der Waals surface area contributed by atoms with E-state index in [0.717, 1.165) is 30.5 Å². The number of fused-ring (bicyclic) bond motifs is 1. The van der Waals surface area contributed by atoms with E-state index in [0.29, 0.717) is 23.9 Å². The third kappa shape index (κ3) is 5.73. The van der Waals surface area contributed by atoms with E-state index in [4.69, 9.17) is 4.74 Å². The second-order valence-electron chi connectivity index (χ2n) is 6.85. The van der Waals surface area contributed by atoms with Gasteiger partial charge in [0.15, 0.2) is 0 Å². The fraction of sp³-hybridized carbons (Fsp3) is 0.318. The Kier molecular flexibility index (Phi) is 7.45. The number of nitrogens with zero attached hydrogens (tertiary/aromatic N) is 3. The van der Waals surface area contributed by atoms with Crippen molar-refractivity contribution in [2.24, 2.45) is 0 Å². The highest BCUT2D eigenvalue weighted by Crippen LogP contribution is 2.27. The fourth-order valence-electron chi connectivity index (χ4n) is 3.18. The molecule has 0 saturated heterocycles. The summed E-state index contributed by atoms with van der Waals surface area (Å²) in [5, 5.41) is 9.08. The Bertz CT molecular complexity index is 1040. The van der Waals surface area contributed by atoms with Crippen molar-refractivity contribution in [3.8, 4) is 11.5 Å². The van der Waals surface area contributed by atoms with Gasteiger partial charge in [0.2, 0.25) is 0 Å². The summed E-state index contributed by atoms with van der Waals surface area (Å²) in [5.41, 5.74) is 0.733. The molecule has 1 aromatic carbocycles. The van der Waals surface area contributed by atoms with E-state index in [2.05, 4.69) is 39.7 Å². The molecule has 3 aromatic rings. The minimum atomic E-state index is -0.318. The number of aromatic nitrogens is 2. The normalized spacial score (nSPS) is 10.8. The van der Waals surface area contributed by atoms with Gasteiger partial charge < -0.3 is 20.3 Å². The molecule has 164 valence electrons. The van der Waals surface area contributed by atoms with Crippen LogP contribution in [-0.4, -0.2) is 59.7 Å². The van der Waals surface area contributed by atoms with E-state index >= 15 is 0 Å². The third-order valence-electron chi connectivity index (χ3n) is 4.91. The van der Waals surface area contributed by atoms with Crippen molar-refractivity contribution in [2.75, 3.05) is 38.5 Å². The highest BCUT2D eigenvalue weighted by molar-refractivity contribution is 5.92. The van der Waals surface area contributed by atoms with Crippen LogP contribution in [0.3, 0.4) is 0 Å². The second-order valence-corrected chi connectivity index (χ2v) is 6.85. The van der Waals surface area contributed by atoms with Crippen LogP contribution < -0.4 is 20.7 Å². The van der Waals surface area contributed by atoms with Gasteiger partial charge >= 0.3 is 12.1 Å². The molecule has 2 heterocycles. The Hall–Kier alpha value is -3.59. The van der Waals surface area contributed by atoms with Gasteiger partial charge in [0.05, 0.1) is 5.52 Å². The van der Waals surface area contributed by atoms with Gasteiger partial charge in [-0.3, -0.25) is 9.88 Å². The fourth-order valence-corrected chi connectivity index (χ4v) is 3.18. The van der Waals surface area contributed by atoms with Crippen molar-refractivity contribution in [3.63, 3.8) is 0 Å². The summed E-state index contributed by atoms with van der Waals surface area (Å²) in [6, 6.07) is 10.2. The van der Waals surface area contributed by atoms with Crippen LogP contribution in [0.5, 0.6) is 11.5 Å². The van der Waals surface area contributed by atoms with Gasteiger partial charge in [-0.05, 0) is 37.4 Å². The largest absolute Gasteiger partial charge is 0.457 e. The molecule has 9 nitrogen and oxygen atoms in total. The van der Waals surface area contributed by atoms with Crippen LogP contribution >= 0.6 is 0 Å². The van der Waals surface area contributed by atoms with Crippen LogP contribution in [-0.2, 0) is 0 Å². The molecule has 3 amide bonds. The van der Waals surface area contributed by atoms with E-state index in [-0.39, 0.29) is 12.1 Å². The second kappa shape index (κ2) is 10.4. The molecule has 9 heteroatoms.